The fourth-order valence-corrected chi connectivity index (χ4v) is 11.0. The summed E-state index contributed by atoms with van der Waals surface area (Å²) in [7, 11) is 0. The number of ether oxygens (including phenoxy) is 1. The summed E-state index contributed by atoms with van der Waals surface area (Å²) in [6.07, 6.45) is 1.60. The summed E-state index contributed by atoms with van der Waals surface area (Å²) >= 11 is 6.27. The summed E-state index contributed by atoms with van der Waals surface area (Å²) < 4.78 is 22.6. The van der Waals surface area contributed by atoms with Crippen LogP contribution in [0.15, 0.2) is 48.5 Å². The lowest BCUT2D eigenvalue weighted by Crippen LogP contribution is -2.74. The number of benzene rings is 3. The molecule has 60 heavy (non-hydrogen) atoms. The van der Waals surface area contributed by atoms with E-state index in [-0.39, 0.29) is 54.5 Å². The monoisotopic (exact) mass is 830 g/mol. The Hall–Kier alpha value is -5.76. The molecule has 3 aromatic carbocycles. The van der Waals surface area contributed by atoms with E-state index < -0.39 is 46.3 Å². The van der Waals surface area contributed by atoms with E-state index in [4.69, 9.17) is 16.3 Å². The minimum Gasteiger partial charge on any atom is -0.489 e. The Balaban J connectivity index is 0.792. The average Bonchev–Trinajstić information content (AvgIpc) is 3.64. The third-order valence-corrected chi connectivity index (χ3v) is 13.9. The van der Waals surface area contributed by atoms with Crippen LogP contribution in [0.2, 0.25) is 5.02 Å². The van der Waals surface area contributed by atoms with Gasteiger partial charge in [0.15, 0.2) is 0 Å². The van der Waals surface area contributed by atoms with Crippen LogP contribution in [0.3, 0.4) is 0 Å². The van der Waals surface area contributed by atoms with Crippen LogP contribution in [0.1, 0.15) is 101 Å². The number of carbonyl (C=O) groups excluding carboxylic acids is 5. The molecule has 0 bridgehead atoms. The fourth-order valence-electron chi connectivity index (χ4n) is 10.8. The first-order valence-corrected chi connectivity index (χ1v) is 20.8. The molecular formula is C46H44ClFN6O6. The molecule has 6 aliphatic rings. The first-order valence-electron chi connectivity index (χ1n) is 20.4. The van der Waals surface area contributed by atoms with Crippen molar-refractivity contribution in [2.24, 2.45) is 16.7 Å². The van der Waals surface area contributed by atoms with Gasteiger partial charge in [-0.05, 0) is 74.8 Å². The van der Waals surface area contributed by atoms with Crippen molar-refractivity contribution in [2.45, 2.75) is 84.2 Å². The Morgan fingerprint density at radius 1 is 0.850 bits per heavy atom. The molecule has 9 rings (SSSR count). The number of likely N-dealkylation sites (tertiary alicyclic amines) is 1. The normalized spacial score (nSPS) is 24.9. The van der Waals surface area contributed by atoms with E-state index in [1.807, 2.05) is 6.07 Å². The van der Waals surface area contributed by atoms with Crippen LogP contribution in [0, 0.1) is 45.7 Å². The second kappa shape index (κ2) is 14.5. The Kier molecular flexibility index (Phi) is 9.56. The highest BCUT2D eigenvalue weighted by atomic mass is 35.5. The van der Waals surface area contributed by atoms with Crippen LogP contribution in [0.4, 0.5) is 10.1 Å². The number of amides is 5. The molecule has 0 radical (unpaired) electrons. The predicted molar refractivity (Wildman–Crippen MR) is 218 cm³/mol. The maximum atomic E-state index is 16.1. The van der Waals surface area contributed by atoms with Crippen molar-refractivity contribution in [3.8, 4) is 23.7 Å². The van der Waals surface area contributed by atoms with Crippen molar-refractivity contribution in [2.75, 3.05) is 31.1 Å². The third-order valence-electron chi connectivity index (χ3n) is 13.6. The van der Waals surface area contributed by atoms with Gasteiger partial charge in [-0.15, -0.1) is 0 Å². The van der Waals surface area contributed by atoms with Crippen LogP contribution in [0.25, 0.3) is 0 Å². The molecule has 0 spiro atoms. The number of nitrogens with one attached hydrogen (secondary N) is 1. The molecule has 3 saturated heterocycles. The first-order chi connectivity index (χ1) is 28.6. The largest absolute Gasteiger partial charge is 0.489 e. The van der Waals surface area contributed by atoms with Crippen LogP contribution in [-0.4, -0.2) is 94.6 Å². The highest BCUT2D eigenvalue weighted by Gasteiger charge is 2.67. The maximum absolute atomic E-state index is 16.1. The molecule has 1 saturated carbocycles. The number of hydrogen-bond acceptors (Lipinski definition) is 9. The number of nitrogens with zero attached hydrogens (tertiary/aromatic N) is 5. The molecular weight excluding hydrogens is 787 g/mol. The van der Waals surface area contributed by atoms with Gasteiger partial charge in [0.2, 0.25) is 11.8 Å². The smallest absolute Gasteiger partial charge is 0.262 e. The molecule has 1 unspecified atom stereocenters. The SMILES string of the molecule is CC1(C)[C@H](Oc2ccc(C#N)c(Cl)c2)C(C)(C)[C@H]1N1Cc2c(ccc(C#CC3CCN(C4CN(c5ccc6c(c5)C(=O)N(C5CCC(=O)NC5=O)C6=O)C4)CC3)c2F)C1=O. The Morgan fingerprint density at radius 3 is 2.22 bits per heavy atom. The second-order valence-electron chi connectivity index (χ2n) is 18.0. The van der Waals surface area contributed by atoms with Crippen LogP contribution >= 0.6 is 11.6 Å². The van der Waals surface area contributed by atoms with Gasteiger partial charge in [0.05, 0.1) is 33.8 Å². The second-order valence-corrected chi connectivity index (χ2v) is 18.4. The summed E-state index contributed by atoms with van der Waals surface area (Å²) in [5.41, 5.74) is 1.82. The quantitative estimate of drug-likeness (QED) is 0.250. The number of nitriles is 1. The predicted octanol–water partition coefficient (Wildman–Crippen LogP) is 5.54. The Labute approximate surface area is 352 Å². The minimum atomic E-state index is -0.999. The van der Waals surface area contributed by atoms with E-state index in [2.05, 4.69) is 60.7 Å². The maximum Gasteiger partial charge on any atom is 0.262 e. The van der Waals surface area contributed by atoms with Crippen molar-refractivity contribution >= 4 is 46.8 Å². The molecule has 308 valence electrons. The zero-order valence-corrected chi connectivity index (χ0v) is 34.6. The summed E-state index contributed by atoms with van der Waals surface area (Å²) in [6, 6.07) is 14.7. The van der Waals surface area contributed by atoms with Gasteiger partial charge in [0.1, 0.15) is 29.8 Å². The van der Waals surface area contributed by atoms with Gasteiger partial charge < -0.3 is 14.5 Å². The van der Waals surface area contributed by atoms with Gasteiger partial charge in [0, 0.05) is 71.2 Å². The number of carbonyl (C=O) groups is 5. The van der Waals surface area contributed by atoms with Gasteiger partial charge in [-0.1, -0.05) is 51.1 Å². The zero-order chi connectivity index (χ0) is 42.4. The number of halogens is 2. The highest BCUT2D eigenvalue weighted by molar-refractivity contribution is 6.31. The number of rotatable bonds is 6. The van der Waals surface area contributed by atoms with Gasteiger partial charge in [-0.25, -0.2) is 4.39 Å². The van der Waals surface area contributed by atoms with Crippen molar-refractivity contribution in [3.63, 3.8) is 0 Å². The molecule has 5 aliphatic heterocycles. The molecule has 5 amide bonds. The molecule has 1 atom stereocenters. The first kappa shape index (κ1) is 39.7. The number of anilines is 1. The Morgan fingerprint density at radius 2 is 1.53 bits per heavy atom. The van der Waals surface area contributed by atoms with Crippen LogP contribution in [0.5, 0.6) is 5.75 Å². The fraction of sp³-hybridized carbons (Fsp3) is 0.435. The van der Waals surface area contributed by atoms with E-state index in [0.29, 0.717) is 39.1 Å². The van der Waals surface area contributed by atoms with Crippen LogP contribution < -0.4 is 15.0 Å². The van der Waals surface area contributed by atoms with Crippen LogP contribution in [-0.2, 0) is 16.1 Å². The molecule has 4 fully saturated rings. The molecule has 0 aromatic heterocycles. The summed E-state index contributed by atoms with van der Waals surface area (Å²) in [4.78, 5) is 71.6. The number of fused-ring (bicyclic) bond motifs is 2. The lowest BCUT2D eigenvalue weighted by molar-refractivity contribution is -0.199. The zero-order valence-electron chi connectivity index (χ0n) is 33.8. The molecule has 3 aromatic rings. The molecule has 12 nitrogen and oxygen atoms in total. The minimum absolute atomic E-state index is 0.0711. The molecule has 5 heterocycles. The van der Waals surface area contributed by atoms with Gasteiger partial charge in [0.25, 0.3) is 17.7 Å². The third kappa shape index (κ3) is 6.33. The van der Waals surface area contributed by atoms with Gasteiger partial charge >= 0.3 is 0 Å². The van der Waals surface area contributed by atoms with E-state index in [9.17, 15) is 29.2 Å². The van der Waals surface area contributed by atoms with E-state index in [0.717, 1.165) is 49.6 Å². The number of hydrogen-bond donors (Lipinski definition) is 1. The highest BCUT2D eigenvalue weighted by Crippen LogP contribution is 2.59. The number of imide groups is 2. The Bertz CT molecular complexity index is 2490. The number of piperidine rings is 2. The average molecular weight is 831 g/mol. The molecule has 1 N–H and O–H groups in total. The summed E-state index contributed by atoms with van der Waals surface area (Å²) in [5.74, 6) is 4.36. The van der Waals surface area contributed by atoms with Gasteiger partial charge in [-0.2, -0.15) is 5.26 Å². The van der Waals surface area contributed by atoms with Crippen molar-refractivity contribution in [1.82, 2.24) is 20.0 Å². The lowest BCUT2D eigenvalue weighted by Gasteiger charge is -2.65. The topological polar surface area (TPSA) is 143 Å². The lowest BCUT2D eigenvalue weighted by atomic mass is 9.49. The molecule has 1 aliphatic carbocycles. The standard InChI is InChI=1S/C46H44ClFN6O6/c1-45(2)43(46(3,4)44(45)60-30-10-7-27(21-49)35(47)20-30)53-24-34-32(40(53)57)11-8-26(38(34)48)6-5-25-15-17-51(18-16-25)29-22-52(23-29)28-9-12-31-33(19-28)42(59)54(41(31)58)36-13-14-37(55)50-39(36)56/h7-12,19-20,25,29,36,43-44H,13-18,22-24H2,1-4H3,(H,50,55,56)/t36?,43-,44-. The van der Waals surface area contributed by atoms with E-state index in [1.165, 1.54) is 0 Å². The van der Waals surface area contributed by atoms with E-state index >= 15 is 4.39 Å². The molecule has 14 heteroatoms. The van der Waals surface area contributed by atoms with E-state index in [1.54, 1.807) is 47.4 Å². The summed E-state index contributed by atoms with van der Waals surface area (Å²) in [5, 5.41) is 11.8. The summed E-state index contributed by atoms with van der Waals surface area (Å²) in [6.45, 7) is 11.6. The van der Waals surface area contributed by atoms with Crippen molar-refractivity contribution in [1.29, 1.82) is 5.26 Å². The van der Waals surface area contributed by atoms with Crippen molar-refractivity contribution in [3.05, 3.63) is 92.8 Å². The van der Waals surface area contributed by atoms with Gasteiger partial charge in [-0.3, -0.25) is 39.1 Å². The van der Waals surface area contributed by atoms with Crippen molar-refractivity contribution < 1.29 is 33.1 Å².